The van der Waals surface area contributed by atoms with E-state index in [1.54, 1.807) is 0 Å². The van der Waals surface area contributed by atoms with E-state index in [0.29, 0.717) is 19.3 Å². The molecule has 84 valence electrons. The average molecular weight is 217 g/mol. The van der Waals surface area contributed by atoms with Gasteiger partial charge in [0, 0.05) is 18.7 Å². The molecule has 0 saturated heterocycles. The van der Waals surface area contributed by atoms with Gasteiger partial charge in [0.05, 0.1) is 6.61 Å². The molecule has 5 heteroatoms. The Balaban J connectivity index is 2.60. The Labute approximate surface area is 86.8 Å². The SMILES string of the molecule is CCOCCOc1cc(F)cc(F)c1N. The van der Waals surface area contributed by atoms with Gasteiger partial charge in [0.1, 0.15) is 23.9 Å². The van der Waals surface area contributed by atoms with Gasteiger partial charge in [-0.25, -0.2) is 8.78 Å². The number of ether oxygens (including phenoxy) is 2. The lowest BCUT2D eigenvalue weighted by Gasteiger charge is -2.09. The summed E-state index contributed by atoms with van der Waals surface area (Å²) in [7, 11) is 0. The standard InChI is InChI=1S/C10H13F2NO2/c1-2-14-3-4-15-9-6-7(11)5-8(12)10(9)13/h5-6H,2-4,13H2,1H3. The molecule has 15 heavy (non-hydrogen) atoms. The van der Waals surface area contributed by atoms with Crippen LogP contribution in [0.5, 0.6) is 5.75 Å². The molecule has 0 aromatic heterocycles. The summed E-state index contributed by atoms with van der Waals surface area (Å²) < 4.78 is 35.8. The third-order valence-corrected chi connectivity index (χ3v) is 1.75. The molecule has 1 rings (SSSR count). The number of anilines is 1. The van der Waals surface area contributed by atoms with Crippen molar-refractivity contribution in [2.24, 2.45) is 0 Å². The first-order valence-electron chi connectivity index (χ1n) is 4.60. The van der Waals surface area contributed by atoms with Gasteiger partial charge in [-0.3, -0.25) is 0 Å². The first-order valence-corrected chi connectivity index (χ1v) is 4.60. The zero-order valence-corrected chi connectivity index (χ0v) is 8.43. The molecule has 0 heterocycles. The molecule has 0 radical (unpaired) electrons. The molecule has 3 nitrogen and oxygen atoms in total. The van der Waals surface area contributed by atoms with Gasteiger partial charge in [0.2, 0.25) is 0 Å². The van der Waals surface area contributed by atoms with Crippen LogP contribution in [0.25, 0.3) is 0 Å². The normalized spacial score (nSPS) is 10.3. The highest BCUT2D eigenvalue weighted by Gasteiger charge is 2.08. The number of benzene rings is 1. The van der Waals surface area contributed by atoms with Crippen molar-refractivity contribution in [1.29, 1.82) is 0 Å². The summed E-state index contributed by atoms with van der Waals surface area (Å²) in [6.45, 7) is 2.97. The van der Waals surface area contributed by atoms with Gasteiger partial charge >= 0.3 is 0 Å². The monoisotopic (exact) mass is 217 g/mol. The second-order valence-electron chi connectivity index (χ2n) is 2.84. The second kappa shape index (κ2) is 5.50. The molecular weight excluding hydrogens is 204 g/mol. The van der Waals surface area contributed by atoms with Crippen LogP contribution in [0.1, 0.15) is 6.92 Å². The smallest absolute Gasteiger partial charge is 0.152 e. The first-order chi connectivity index (χ1) is 7.15. The Morgan fingerprint density at radius 1 is 1.27 bits per heavy atom. The lowest BCUT2D eigenvalue weighted by molar-refractivity contribution is 0.110. The lowest BCUT2D eigenvalue weighted by Crippen LogP contribution is -2.08. The van der Waals surface area contributed by atoms with Gasteiger partial charge < -0.3 is 15.2 Å². The maximum atomic E-state index is 12.9. The summed E-state index contributed by atoms with van der Waals surface area (Å²) >= 11 is 0. The molecule has 1 aromatic carbocycles. The van der Waals surface area contributed by atoms with Crippen molar-refractivity contribution in [3.05, 3.63) is 23.8 Å². The molecule has 0 aliphatic rings. The maximum absolute atomic E-state index is 12.9. The van der Waals surface area contributed by atoms with Crippen molar-refractivity contribution >= 4 is 5.69 Å². The average Bonchev–Trinajstić information content (AvgIpc) is 2.19. The minimum atomic E-state index is -0.818. The van der Waals surface area contributed by atoms with Crippen molar-refractivity contribution in [3.63, 3.8) is 0 Å². The van der Waals surface area contributed by atoms with E-state index < -0.39 is 11.6 Å². The summed E-state index contributed by atoms with van der Waals surface area (Å²) in [6.07, 6.45) is 0. The molecular formula is C10H13F2NO2. The molecule has 0 amide bonds. The van der Waals surface area contributed by atoms with Crippen molar-refractivity contribution < 1.29 is 18.3 Å². The van der Waals surface area contributed by atoms with Crippen molar-refractivity contribution in [1.82, 2.24) is 0 Å². The Bertz CT molecular complexity index is 331. The fourth-order valence-electron chi connectivity index (χ4n) is 1.04. The molecule has 0 aliphatic carbocycles. The van der Waals surface area contributed by atoms with E-state index >= 15 is 0 Å². The summed E-state index contributed by atoms with van der Waals surface area (Å²) in [5, 5.41) is 0. The van der Waals surface area contributed by atoms with E-state index in [-0.39, 0.29) is 18.0 Å². The Kier molecular flexibility index (Phi) is 4.30. The quantitative estimate of drug-likeness (QED) is 0.605. The molecule has 0 unspecified atom stereocenters. The molecule has 0 spiro atoms. The summed E-state index contributed by atoms with van der Waals surface area (Å²) in [4.78, 5) is 0. The molecule has 2 N–H and O–H groups in total. The molecule has 0 bridgehead atoms. The van der Waals surface area contributed by atoms with Gasteiger partial charge in [0.25, 0.3) is 0 Å². The van der Waals surface area contributed by atoms with Crippen LogP contribution in [0, 0.1) is 11.6 Å². The van der Waals surface area contributed by atoms with Crippen LogP contribution >= 0.6 is 0 Å². The number of nitrogens with two attached hydrogens (primary N) is 1. The minimum absolute atomic E-state index is 0.00667. The second-order valence-corrected chi connectivity index (χ2v) is 2.84. The van der Waals surface area contributed by atoms with Crippen LogP contribution in [0.15, 0.2) is 12.1 Å². The van der Waals surface area contributed by atoms with Crippen LogP contribution in [0.4, 0.5) is 14.5 Å². The van der Waals surface area contributed by atoms with E-state index in [2.05, 4.69) is 0 Å². The van der Waals surface area contributed by atoms with Crippen molar-refractivity contribution in [2.45, 2.75) is 6.92 Å². The number of halogens is 2. The molecule has 1 aromatic rings. The van der Waals surface area contributed by atoms with E-state index in [9.17, 15) is 8.78 Å². The number of rotatable bonds is 5. The van der Waals surface area contributed by atoms with E-state index in [0.717, 1.165) is 6.07 Å². The van der Waals surface area contributed by atoms with E-state index in [1.165, 1.54) is 0 Å². The third kappa shape index (κ3) is 3.36. The van der Waals surface area contributed by atoms with E-state index in [4.69, 9.17) is 15.2 Å². The first kappa shape index (κ1) is 11.7. The van der Waals surface area contributed by atoms with Gasteiger partial charge in [-0.15, -0.1) is 0 Å². The Morgan fingerprint density at radius 2 is 2.00 bits per heavy atom. The fraction of sp³-hybridized carbons (Fsp3) is 0.400. The van der Waals surface area contributed by atoms with Crippen LogP contribution in [0.3, 0.4) is 0 Å². The molecule has 0 saturated carbocycles. The van der Waals surface area contributed by atoms with Crippen LogP contribution in [-0.2, 0) is 4.74 Å². The highest BCUT2D eigenvalue weighted by atomic mass is 19.1. The number of hydrogen-bond acceptors (Lipinski definition) is 3. The van der Waals surface area contributed by atoms with Gasteiger partial charge in [0.15, 0.2) is 5.82 Å². The van der Waals surface area contributed by atoms with Crippen LogP contribution in [-0.4, -0.2) is 19.8 Å². The Hall–Kier alpha value is -1.36. The Morgan fingerprint density at radius 3 is 2.67 bits per heavy atom. The lowest BCUT2D eigenvalue weighted by atomic mass is 10.3. The minimum Gasteiger partial charge on any atom is -0.489 e. The summed E-state index contributed by atoms with van der Waals surface area (Å²) in [5.41, 5.74) is 5.17. The maximum Gasteiger partial charge on any atom is 0.152 e. The molecule has 0 atom stereocenters. The highest BCUT2D eigenvalue weighted by molar-refractivity contribution is 5.53. The number of nitrogen functional groups attached to an aromatic ring is 1. The largest absolute Gasteiger partial charge is 0.489 e. The van der Waals surface area contributed by atoms with Crippen LogP contribution < -0.4 is 10.5 Å². The summed E-state index contributed by atoms with van der Waals surface area (Å²) in [6, 6.07) is 1.76. The van der Waals surface area contributed by atoms with Crippen molar-refractivity contribution in [2.75, 3.05) is 25.6 Å². The van der Waals surface area contributed by atoms with Gasteiger partial charge in [-0.1, -0.05) is 0 Å². The third-order valence-electron chi connectivity index (χ3n) is 1.75. The van der Waals surface area contributed by atoms with Gasteiger partial charge in [-0.05, 0) is 6.92 Å². The zero-order valence-electron chi connectivity index (χ0n) is 8.43. The van der Waals surface area contributed by atoms with Gasteiger partial charge in [-0.2, -0.15) is 0 Å². The fourth-order valence-corrected chi connectivity index (χ4v) is 1.04. The van der Waals surface area contributed by atoms with Crippen molar-refractivity contribution in [3.8, 4) is 5.75 Å². The zero-order chi connectivity index (χ0) is 11.3. The topological polar surface area (TPSA) is 44.5 Å². The predicted octanol–water partition coefficient (Wildman–Crippen LogP) is 1.96. The highest BCUT2D eigenvalue weighted by Crippen LogP contribution is 2.25. The summed E-state index contributed by atoms with van der Waals surface area (Å²) in [5.74, 6) is -1.53. The van der Waals surface area contributed by atoms with E-state index in [1.807, 2.05) is 6.92 Å². The predicted molar refractivity (Wildman–Crippen MR) is 52.8 cm³/mol. The molecule has 0 fully saturated rings. The number of hydrogen-bond donors (Lipinski definition) is 1. The molecule has 0 aliphatic heterocycles. The van der Waals surface area contributed by atoms with Crippen LogP contribution in [0.2, 0.25) is 0 Å².